The third-order valence-corrected chi connectivity index (χ3v) is 3.99. The van der Waals surface area contributed by atoms with Crippen molar-refractivity contribution in [1.82, 2.24) is 20.3 Å². The highest BCUT2D eigenvalue weighted by molar-refractivity contribution is 5.85. The van der Waals surface area contributed by atoms with E-state index in [0.29, 0.717) is 0 Å². The second kappa shape index (κ2) is 11.1. The number of aryl methyl sites for hydroxylation is 1. The average molecular weight is 385 g/mol. The van der Waals surface area contributed by atoms with Crippen molar-refractivity contribution in [2.45, 2.75) is 26.2 Å². The first-order chi connectivity index (χ1) is 11.3. The van der Waals surface area contributed by atoms with Gasteiger partial charge in [-0.2, -0.15) is 0 Å². The van der Waals surface area contributed by atoms with E-state index in [4.69, 9.17) is 0 Å². The van der Waals surface area contributed by atoms with E-state index in [2.05, 4.69) is 37.0 Å². The van der Waals surface area contributed by atoms with Gasteiger partial charge in [-0.05, 0) is 37.9 Å². The monoisotopic (exact) mass is 384 g/mol. The number of hydrogen-bond acceptors (Lipinski definition) is 6. The molecule has 3 rings (SSSR count). The fourth-order valence-electron chi connectivity index (χ4n) is 2.71. The first-order valence-corrected chi connectivity index (χ1v) is 8.27. The van der Waals surface area contributed by atoms with Gasteiger partial charge in [0, 0.05) is 37.8 Å². The van der Waals surface area contributed by atoms with Crippen LogP contribution < -0.4 is 16.0 Å². The van der Waals surface area contributed by atoms with Crippen LogP contribution in [0.4, 0.5) is 11.6 Å². The van der Waals surface area contributed by atoms with E-state index in [1.165, 1.54) is 16.8 Å². The van der Waals surface area contributed by atoms with Crippen LogP contribution in [0.25, 0.3) is 0 Å². The van der Waals surface area contributed by atoms with Crippen molar-refractivity contribution in [2.75, 3.05) is 36.8 Å². The SMILES string of the molecule is Cc1ccc(NCCCNc2ncnc3c2CCNCC3)nc1.Cl.Cl. The minimum Gasteiger partial charge on any atom is -0.370 e. The molecule has 6 nitrogen and oxygen atoms in total. The van der Waals surface area contributed by atoms with E-state index in [1.807, 2.05) is 19.2 Å². The molecule has 1 aliphatic heterocycles. The van der Waals surface area contributed by atoms with Gasteiger partial charge in [0.15, 0.2) is 0 Å². The topological polar surface area (TPSA) is 74.8 Å². The summed E-state index contributed by atoms with van der Waals surface area (Å²) in [6, 6.07) is 4.08. The van der Waals surface area contributed by atoms with Crippen molar-refractivity contribution < 1.29 is 0 Å². The Hall–Kier alpha value is -1.63. The Kier molecular flexibility index (Phi) is 9.49. The number of halogens is 2. The molecular weight excluding hydrogens is 359 g/mol. The highest BCUT2D eigenvalue weighted by Gasteiger charge is 2.13. The van der Waals surface area contributed by atoms with Crippen molar-refractivity contribution in [3.8, 4) is 0 Å². The Balaban J connectivity index is 0.00000156. The molecule has 0 fully saturated rings. The lowest BCUT2D eigenvalue weighted by atomic mass is 10.1. The number of rotatable bonds is 6. The minimum atomic E-state index is 0. The molecule has 0 aliphatic carbocycles. The van der Waals surface area contributed by atoms with Gasteiger partial charge in [-0.3, -0.25) is 0 Å². The number of fused-ring (bicyclic) bond motifs is 1. The van der Waals surface area contributed by atoms with E-state index in [0.717, 1.165) is 57.1 Å². The van der Waals surface area contributed by atoms with Gasteiger partial charge in [0.05, 0.1) is 5.69 Å². The molecule has 3 heterocycles. The fraction of sp³-hybridized carbons (Fsp3) is 0.471. The molecule has 1 aliphatic rings. The van der Waals surface area contributed by atoms with Crippen LogP contribution in [-0.2, 0) is 12.8 Å². The van der Waals surface area contributed by atoms with Crippen LogP contribution in [0.5, 0.6) is 0 Å². The van der Waals surface area contributed by atoms with Crippen molar-refractivity contribution in [2.24, 2.45) is 0 Å². The molecule has 0 unspecified atom stereocenters. The number of nitrogens with zero attached hydrogens (tertiary/aromatic N) is 3. The Morgan fingerprint density at radius 3 is 2.60 bits per heavy atom. The largest absolute Gasteiger partial charge is 0.370 e. The second-order valence-corrected chi connectivity index (χ2v) is 5.83. The smallest absolute Gasteiger partial charge is 0.132 e. The molecule has 0 saturated heterocycles. The van der Waals surface area contributed by atoms with Crippen LogP contribution in [0.15, 0.2) is 24.7 Å². The Bertz CT molecular complexity index is 636. The van der Waals surface area contributed by atoms with E-state index in [1.54, 1.807) is 6.33 Å². The zero-order chi connectivity index (χ0) is 15.9. The molecule has 0 saturated carbocycles. The molecule has 0 aromatic carbocycles. The van der Waals surface area contributed by atoms with Gasteiger partial charge in [-0.1, -0.05) is 6.07 Å². The summed E-state index contributed by atoms with van der Waals surface area (Å²) in [4.78, 5) is 13.2. The predicted molar refractivity (Wildman–Crippen MR) is 107 cm³/mol. The summed E-state index contributed by atoms with van der Waals surface area (Å²) in [7, 11) is 0. The first kappa shape index (κ1) is 21.4. The van der Waals surface area contributed by atoms with Gasteiger partial charge in [0.1, 0.15) is 18.0 Å². The lowest BCUT2D eigenvalue weighted by molar-refractivity contribution is 0.708. The van der Waals surface area contributed by atoms with Crippen LogP contribution in [-0.4, -0.2) is 41.1 Å². The lowest BCUT2D eigenvalue weighted by Gasteiger charge is -2.12. The first-order valence-electron chi connectivity index (χ1n) is 8.27. The quantitative estimate of drug-likeness (QED) is 0.664. The van der Waals surface area contributed by atoms with Crippen molar-refractivity contribution >= 4 is 36.4 Å². The van der Waals surface area contributed by atoms with Gasteiger partial charge >= 0.3 is 0 Å². The maximum Gasteiger partial charge on any atom is 0.132 e. The van der Waals surface area contributed by atoms with Crippen LogP contribution in [0.2, 0.25) is 0 Å². The van der Waals surface area contributed by atoms with Crippen molar-refractivity contribution in [3.05, 3.63) is 41.5 Å². The van der Waals surface area contributed by atoms with Gasteiger partial charge in [0.25, 0.3) is 0 Å². The van der Waals surface area contributed by atoms with Crippen LogP contribution >= 0.6 is 24.8 Å². The summed E-state index contributed by atoms with van der Waals surface area (Å²) in [6.45, 7) is 5.81. The fourth-order valence-corrected chi connectivity index (χ4v) is 2.71. The number of anilines is 2. The summed E-state index contributed by atoms with van der Waals surface area (Å²) in [5.41, 5.74) is 3.62. The molecule has 138 valence electrons. The summed E-state index contributed by atoms with van der Waals surface area (Å²) in [5, 5.41) is 10.2. The molecule has 25 heavy (non-hydrogen) atoms. The summed E-state index contributed by atoms with van der Waals surface area (Å²) >= 11 is 0. The van der Waals surface area contributed by atoms with E-state index >= 15 is 0 Å². The van der Waals surface area contributed by atoms with Gasteiger partial charge in [-0.15, -0.1) is 24.8 Å². The summed E-state index contributed by atoms with van der Waals surface area (Å²) in [6.07, 6.45) is 6.52. The molecule has 0 radical (unpaired) electrons. The Morgan fingerprint density at radius 2 is 1.80 bits per heavy atom. The Labute approximate surface area is 161 Å². The molecule has 3 N–H and O–H groups in total. The third-order valence-electron chi connectivity index (χ3n) is 3.99. The highest BCUT2D eigenvalue weighted by atomic mass is 35.5. The van der Waals surface area contributed by atoms with Gasteiger partial charge in [0.2, 0.25) is 0 Å². The maximum absolute atomic E-state index is 4.42. The summed E-state index contributed by atoms with van der Waals surface area (Å²) < 4.78 is 0. The molecule has 2 aromatic heterocycles. The van der Waals surface area contributed by atoms with Crippen LogP contribution in [0, 0.1) is 6.92 Å². The van der Waals surface area contributed by atoms with E-state index < -0.39 is 0 Å². The number of nitrogens with one attached hydrogen (secondary N) is 3. The van der Waals surface area contributed by atoms with Crippen molar-refractivity contribution in [1.29, 1.82) is 0 Å². The second-order valence-electron chi connectivity index (χ2n) is 5.83. The number of pyridine rings is 1. The molecule has 0 amide bonds. The molecule has 2 aromatic rings. The number of hydrogen-bond donors (Lipinski definition) is 3. The standard InChI is InChI=1S/C17H24N6.2ClH/c1-13-3-4-16(21-11-13)19-7-2-8-20-17-14-5-9-18-10-6-15(14)22-12-23-17;;/h3-4,11-12,18H,2,5-10H2,1H3,(H,19,21)(H,20,22,23);2*1H. The van der Waals surface area contributed by atoms with E-state index in [9.17, 15) is 0 Å². The molecule has 0 bridgehead atoms. The Morgan fingerprint density at radius 1 is 1.00 bits per heavy atom. The molecule has 0 spiro atoms. The van der Waals surface area contributed by atoms with Gasteiger partial charge in [-0.25, -0.2) is 15.0 Å². The van der Waals surface area contributed by atoms with Gasteiger partial charge < -0.3 is 16.0 Å². The van der Waals surface area contributed by atoms with Crippen LogP contribution in [0.1, 0.15) is 23.2 Å². The molecule has 0 atom stereocenters. The summed E-state index contributed by atoms with van der Waals surface area (Å²) in [5.74, 6) is 1.92. The van der Waals surface area contributed by atoms with Crippen LogP contribution in [0.3, 0.4) is 0 Å². The highest BCUT2D eigenvalue weighted by Crippen LogP contribution is 2.17. The number of aromatic nitrogens is 3. The van der Waals surface area contributed by atoms with E-state index in [-0.39, 0.29) is 24.8 Å². The minimum absolute atomic E-state index is 0. The zero-order valence-corrected chi connectivity index (χ0v) is 16.1. The molecule has 8 heteroatoms. The lowest BCUT2D eigenvalue weighted by Crippen LogP contribution is -2.16. The van der Waals surface area contributed by atoms with Crippen molar-refractivity contribution in [3.63, 3.8) is 0 Å². The predicted octanol–water partition coefficient (Wildman–Crippen LogP) is 2.63. The normalized spacial score (nSPS) is 12.8. The third kappa shape index (κ3) is 6.30. The molecular formula is C17H26Cl2N6. The zero-order valence-electron chi connectivity index (χ0n) is 14.4. The average Bonchev–Trinajstić information content (AvgIpc) is 2.82. The maximum atomic E-state index is 4.42.